The predicted octanol–water partition coefficient (Wildman–Crippen LogP) is 2.48. The second kappa shape index (κ2) is 10.8. The molecule has 0 spiro atoms. The summed E-state index contributed by atoms with van der Waals surface area (Å²) < 4.78 is 5.51. The largest absolute Gasteiger partial charge is 0.379 e. The smallest absolute Gasteiger partial charge is 0.193 e. The summed E-state index contributed by atoms with van der Waals surface area (Å²) >= 11 is 0. The van der Waals surface area contributed by atoms with Gasteiger partial charge < -0.3 is 15.0 Å². The SMILES string of the molecule is CCNC(=NCCCOC(C)C)N1CCCC1.I. The lowest BCUT2D eigenvalue weighted by atomic mass is 10.4. The van der Waals surface area contributed by atoms with Crippen molar-refractivity contribution in [3.63, 3.8) is 0 Å². The molecule has 1 saturated heterocycles. The van der Waals surface area contributed by atoms with E-state index in [1.807, 2.05) is 0 Å². The summed E-state index contributed by atoms with van der Waals surface area (Å²) in [6.07, 6.45) is 3.91. The third-order valence-electron chi connectivity index (χ3n) is 2.76. The van der Waals surface area contributed by atoms with Crippen LogP contribution in [0.3, 0.4) is 0 Å². The minimum absolute atomic E-state index is 0. The highest BCUT2D eigenvalue weighted by Gasteiger charge is 2.14. The Morgan fingerprint density at radius 1 is 1.33 bits per heavy atom. The van der Waals surface area contributed by atoms with E-state index in [0.717, 1.165) is 45.2 Å². The van der Waals surface area contributed by atoms with Crippen LogP contribution in [-0.4, -0.2) is 49.7 Å². The van der Waals surface area contributed by atoms with Gasteiger partial charge in [-0.05, 0) is 40.0 Å². The first-order valence-electron chi connectivity index (χ1n) is 6.89. The Balaban J connectivity index is 0.00000289. The quantitative estimate of drug-likeness (QED) is 0.338. The van der Waals surface area contributed by atoms with Gasteiger partial charge in [-0.3, -0.25) is 4.99 Å². The van der Waals surface area contributed by atoms with Gasteiger partial charge in [0.1, 0.15) is 0 Å². The molecule has 108 valence electrons. The zero-order valence-electron chi connectivity index (χ0n) is 11.9. The fourth-order valence-electron chi connectivity index (χ4n) is 1.92. The number of ether oxygens (including phenoxy) is 1. The minimum atomic E-state index is 0. The maximum atomic E-state index is 5.51. The van der Waals surface area contributed by atoms with E-state index in [1.54, 1.807) is 0 Å². The van der Waals surface area contributed by atoms with Gasteiger partial charge in [0.15, 0.2) is 5.96 Å². The number of hydrogen-bond donors (Lipinski definition) is 1. The zero-order chi connectivity index (χ0) is 12.5. The zero-order valence-corrected chi connectivity index (χ0v) is 14.3. The number of guanidine groups is 1. The molecule has 1 heterocycles. The van der Waals surface area contributed by atoms with Crippen LogP contribution in [0.25, 0.3) is 0 Å². The number of likely N-dealkylation sites (tertiary alicyclic amines) is 1. The molecular weight excluding hydrogens is 341 g/mol. The van der Waals surface area contributed by atoms with Crippen molar-refractivity contribution in [1.82, 2.24) is 10.2 Å². The monoisotopic (exact) mass is 369 g/mol. The highest BCUT2D eigenvalue weighted by molar-refractivity contribution is 14.0. The van der Waals surface area contributed by atoms with Gasteiger partial charge in [0, 0.05) is 32.8 Å². The van der Waals surface area contributed by atoms with Crippen LogP contribution in [0.15, 0.2) is 4.99 Å². The molecule has 5 heteroatoms. The van der Waals surface area contributed by atoms with Crippen molar-refractivity contribution in [2.45, 2.75) is 46.1 Å². The third kappa shape index (κ3) is 7.41. The number of hydrogen-bond acceptors (Lipinski definition) is 2. The maximum Gasteiger partial charge on any atom is 0.193 e. The second-order valence-electron chi connectivity index (χ2n) is 4.70. The molecule has 1 rings (SSSR count). The number of nitrogens with one attached hydrogen (secondary N) is 1. The standard InChI is InChI=1S/C13H27N3O.HI/c1-4-14-13(16-9-5-6-10-16)15-8-7-11-17-12(2)3;/h12H,4-11H2,1-3H3,(H,14,15);1H. The summed E-state index contributed by atoms with van der Waals surface area (Å²) in [4.78, 5) is 7.00. The van der Waals surface area contributed by atoms with Gasteiger partial charge in [0.2, 0.25) is 0 Å². The molecular formula is C13H28IN3O. The van der Waals surface area contributed by atoms with Gasteiger partial charge in [-0.15, -0.1) is 24.0 Å². The van der Waals surface area contributed by atoms with Crippen LogP contribution in [0.2, 0.25) is 0 Å². The van der Waals surface area contributed by atoms with Gasteiger partial charge in [-0.2, -0.15) is 0 Å². The van der Waals surface area contributed by atoms with Crippen molar-refractivity contribution < 1.29 is 4.74 Å². The summed E-state index contributed by atoms with van der Waals surface area (Å²) in [6.45, 7) is 11.1. The highest BCUT2D eigenvalue weighted by Crippen LogP contribution is 2.07. The molecule has 1 aliphatic rings. The van der Waals surface area contributed by atoms with Gasteiger partial charge in [-0.1, -0.05) is 0 Å². The van der Waals surface area contributed by atoms with Crippen molar-refractivity contribution in [3.05, 3.63) is 0 Å². The number of aliphatic imine (C=N–C) groups is 1. The predicted molar refractivity (Wildman–Crippen MR) is 87.9 cm³/mol. The minimum Gasteiger partial charge on any atom is -0.379 e. The topological polar surface area (TPSA) is 36.9 Å². The van der Waals surface area contributed by atoms with Gasteiger partial charge in [0.05, 0.1) is 6.10 Å². The Bertz CT molecular complexity index is 228. The number of rotatable bonds is 6. The Kier molecular flexibility index (Phi) is 10.8. The summed E-state index contributed by atoms with van der Waals surface area (Å²) in [5.74, 6) is 1.08. The molecule has 0 aromatic rings. The van der Waals surface area contributed by atoms with Crippen LogP contribution in [-0.2, 0) is 4.74 Å². The Morgan fingerprint density at radius 2 is 2.00 bits per heavy atom. The number of halogens is 1. The maximum absolute atomic E-state index is 5.51. The summed E-state index contributed by atoms with van der Waals surface area (Å²) in [5, 5.41) is 3.36. The van der Waals surface area contributed by atoms with E-state index in [-0.39, 0.29) is 24.0 Å². The Hall–Kier alpha value is -0.0400. The van der Waals surface area contributed by atoms with Crippen LogP contribution < -0.4 is 5.32 Å². The lowest BCUT2D eigenvalue weighted by molar-refractivity contribution is 0.0782. The van der Waals surface area contributed by atoms with E-state index in [0.29, 0.717) is 6.10 Å². The summed E-state index contributed by atoms with van der Waals surface area (Å²) in [6, 6.07) is 0. The molecule has 0 unspecified atom stereocenters. The molecule has 0 bridgehead atoms. The van der Waals surface area contributed by atoms with Crippen LogP contribution in [0.1, 0.15) is 40.0 Å². The van der Waals surface area contributed by atoms with Crippen molar-refractivity contribution >= 4 is 29.9 Å². The lowest BCUT2D eigenvalue weighted by Crippen LogP contribution is -2.39. The van der Waals surface area contributed by atoms with E-state index in [4.69, 9.17) is 4.74 Å². The summed E-state index contributed by atoms with van der Waals surface area (Å²) in [7, 11) is 0. The fourth-order valence-corrected chi connectivity index (χ4v) is 1.92. The van der Waals surface area contributed by atoms with E-state index < -0.39 is 0 Å². The molecule has 1 aliphatic heterocycles. The van der Waals surface area contributed by atoms with Crippen LogP contribution in [0.4, 0.5) is 0 Å². The average Bonchev–Trinajstić information content (AvgIpc) is 2.80. The lowest BCUT2D eigenvalue weighted by Gasteiger charge is -2.20. The van der Waals surface area contributed by atoms with Gasteiger partial charge in [0.25, 0.3) is 0 Å². The molecule has 0 radical (unpaired) electrons. The van der Waals surface area contributed by atoms with E-state index in [2.05, 4.69) is 36.0 Å². The van der Waals surface area contributed by atoms with Gasteiger partial charge >= 0.3 is 0 Å². The number of nitrogens with zero attached hydrogens (tertiary/aromatic N) is 2. The molecule has 0 aromatic heterocycles. The molecule has 0 amide bonds. The molecule has 0 atom stereocenters. The first kappa shape index (κ1) is 18.0. The van der Waals surface area contributed by atoms with Crippen LogP contribution in [0, 0.1) is 0 Å². The van der Waals surface area contributed by atoms with Crippen LogP contribution >= 0.6 is 24.0 Å². The van der Waals surface area contributed by atoms with Crippen molar-refractivity contribution in [1.29, 1.82) is 0 Å². The molecule has 18 heavy (non-hydrogen) atoms. The normalized spacial score (nSPS) is 16.0. The average molecular weight is 369 g/mol. The highest BCUT2D eigenvalue weighted by atomic mass is 127. The molecule has 1 fully saturated rings. The van der Waals surface area contributed by atoms with Crippen molar-refractivity contribution in [2.75, 3.05) is 32.8 Å². The molecule has 1 N–H and O–H groups in total. The van der Waals surface area contributed by atoms with E-state index in [9.17, 15) is 0 Å². The molecule has 4 nitrogen and oxygen atoms in total. The third-order valence-corrected chi connectivity index (χ3v) is 2.76. The van der Waals surface area contributed by atoms with Crippen molar-refractivity contribution in [3.8, 4) is 0 Å². The molecule has 0 aromatic carbocycles. The fraction of sp³-hybridized carbons (Fsp3) is 0.923. The summed E-state index contributed by atoms with van der Waals surface area (Å²) in [5.41, 5.74) is 0. The molecule has 0 aliphatic carbocycles. The van der Waals surface area contributed by atoms with Crippen LogP contribution in [0.5, 0.6) is 0 Å². The Morgan fingerprint density at radius 3 is 2.56 bits per heavy atom. The van der Waals surface area contributed by atoms with E-state index in [1.165, 1.54) is 12.8 Å². The first-order chi connectivity index (χ1) is 8.24. The van der Waals surface area contributed by atoms with E-state index >= 15 is 0 Å². The Labute approximate surface area is 129 Å². The van der Waals surface area contributed by atoms with Crippen molar-refractivity contribution in [2.24, 2.45) is 4.99 Å². The van der Waals surface area contributed by atoms with Gasteiger partial charge in [-0.25, -0.2) is 0 Å². The first-order valence-corrected chi connectivity index (χ1v) is 6.89. The second-order valence-corrected chi connectivity index (χ2v) is 4.70. The molecule has 0 saturated carbocycles.